The lowest BCUT2D eigenvalue weighted by Gasteiger charge is -2.21. The second kappa shape index (κ2) is 20.9. The van der Waals surface area contributed by atoms with Crippen LogP contribution in [-0.4, -0.2) is 43.8 Å². The summed E-state index contributed by atoms with van der Waals surface area (Å²) in [5.41, 5.74) is 2.26. The molecule has 0 spiro atoms. The van der Waals surface area contributed by atoms with Crippen molar-refractivity contribution >= 4 is 24.1 Å². The maximum Gasteiger partial charge on any atom is 0.151 e. The van der Waals surface area contributed by atoms with Gasteiger partial charge in [-0.1, -0.05) is 100 Å². The third kappa shape index (κ3) is 13.7. The number of allylic oxidation sites excluding steroid dienone is 8. The molecule has 212 valence electrons. The fraction of sp³-hybridized carbons (Fsp3) is 0.562. The minimum atomic E-state index is -0.113. The van der Waals surface area contributed by atoms with Crippen molar-refractivity contribution in [3.05, 3.63) is 71.0 Å². The third-order valence-corrected chi connectivity index (χ3v) is 6.85. The smallest absolute Gasteiger partial charge is 0.151 e. The summed E-state index contributed by atoms with van der Waals surface area (Å²) in [6.45, 7) is 10.5. The highest BCUT2D eigenvalue weighted by Gasteiger charge is 2.19. The number of hydrogen-bond donors (Lipinski definition) is 2. The first-order valence-corrected chi connectivity index (χ1v) is 14.4. The van der Waals surface area contributed by atoms with Gasteiger partial charge in [0.25, 0.3) is 0 Å². The zero-order valence-corrected chi connectivity index (χ0v) is 25.0. The number of aromatic nitrogens is 1. The summed E-state index contributed by atoms with van der Waals surface area (Å²) in [4.78, 5) is 8.36. The molecule has 6 heteroatoms. The van der Waals surface area contributed by atoms with Gasteiger partial charge in [0.15, 0.2) is 5.82 Å². The van der Waals surface area contributed by atoms with Gasteiger partial charge < -0.3 is 9.84 Å². The number of nitrogens with one attached hydrogen (secondary N) is 1. The zero-order chi connectivity index (χ0) is 28.2. The van der Waals surface area contributed by atoms with E-state index in [0.717, 1.165) is 30.9 Å². The molecule has 38 heavy (non-hydrogen) atoms. The van der Waals surface area contributed by atoms with Crippen molar-refractivity contribution in [3.63, 3.8) is 0 Å². The molecule has 0 amide bonds. The summed E-state index contributed by atoms with van der Waals surface area (Å²) < 4.78 is 4.58. The molecule has 0 fully saturated rings. The molecule has 0 saturated carbocycles. The molecular weight excluding hydrogens is 494 g/mol. The average Bonchev–Trinajstić information content (AvgIpc) is 2.94. The molecule has 2 aliphatic carbocycles. The van der Waals surface area contributed by atoms with Gasteiger partial charge in [0.1, 0.15) is 0 Å². The first-order valence-electron chi connectivity index (χ1n) is 14.1. The third-order valence-electron chi connectivity index (χ3n) is 6.53. The standard InChI is InChI=1S/C18H17ClN2.C11H24O.C3H9NO/c1-20-17-12-11-16(19)18(21-17)15-9-7-14(8-10-15)13-5-3-2-4-6-13;1-4-6-8-11(7-5-2)9-10(3)12;1-4-3-5-2/h2-5,7-9,11-13,15H,1,6,10H2;10-12H,4-9H2,1-3H3;4H,3H2,1-2H3/t;10-,11?;/m.1./s1. The van der Waals surface area contributed by atoms with Crippen molar-refractivity contribution in [2.24, 2.45) is 16.8 Å². The number of unbranched alkanes of at least 4 members (excludes halogenated alkanes) is 1. The van der Waals surface area contributed by atoms with Crippen LogP contribution in [0.4, 0.5) is 5.82 Å². The number of methoxy groups -OCH3 is 1. The number of ether oxygens (including phenoxy) is 1. The van der Waals surface area contributed by atoms with Gasteiger partial charge >= 0.3 is 0 Å². The van der Waals surface area contributed by atoms with E-state index >= 15 is 0 Å². The van der Waals surface area contributed by atoms with Crippen molar-refractivity contribution in [2.75, 3.05) is 20.9 Å². The largest absolute Gasteiger partial charge is 0.393 e. The molecule has 5 nitrogen and oxygen atoms in total. The normalized spacial score (nSPS) is 19.4. The number of rotatable bonds is 12. The molecule has 2 aliphatic rings. The number of aliphatic hydroxyl groups is 1. The molecule has 2 N–H and O–H groups in total. The molecule has 1 heterocycles. The highest BCUT2D eigenvalue weighted by molar-refractivity contribution is 6.31. The number of hydrogen-bond acceptors (Lipinski definition) is 5. The molecule has 3 rings (SSSR count). The van der Waals surface area contributed by atoms with Crippen LogP contribution in [0.5, 0.6) is 0 Å². The van der Waals surface area contributed by atoms with E-state index in [2.05, 4.69) is 83.1 Å². The van der Waals surface area contributed by atoms with Gasteiger partial charge in [-0.3, -0.25) is 5.32 Å². The first-order chi connectivity index (χ1) is 18.4. The number of halogens is 1. The molecule has 0 bridgehead atoms. The quantitative estimate of drug-likeness (QED) is 0.205. The summed E-state index contributed by atoms with van der Waals surface area (Å²) in [5.74, 6) is 2.09. The second-order valence-corrected chi connectivity index (χ2v) is 10.3. The fourth-order valence-corrected chi connectivity index (χ4v) is 4.89. The molecule has 0 radical (unpaired) electrons. The lowest BCUT2D eigenvalue weighted by molar-refractivity contribution is 0.153. The number of aliphatic hydroxyl groups excluding tert-OH is 1. The fourth-order valence-electron chi connectivity index (χ4n) is 4.65. The van der Waals surface area contributed by atoms with Crippen molar-refractivity contribution in [1.29, 1.82) is 0 Å². The SMILES string of the molecule is C=Nc1ccc(Cl)c(C2C=CC(C3C=CC=CC3)=CC2)n1.CCCCC(CCC)C[C@@H](C)O.CNCOC. The molecule has 0 aromatic carbocycles. The van der Waals surface area contributed by atoms with Gasteiger partial charge in [-0.15, -0.1) is 0 Å². The molecule has 4 atom stereocenters. The van der Waals surface area contributed by atoms with Crippen LogP contribution in [0.15, 0.2) is 65.2 Å². The Balaban J connectivity index is 0.000000360. The Morgan fingerprint density at radius 3 is 2.45 bits per heavy atom. The Kier molecular flexibility index (Phi) is 18.6. The van der Waals surface area contributed by atoms with E-state index in [1.54, 1.807) is 13.2 Å². The van der Waals surface area contributed by atoms with Crippen LogP contribution in [0, 0.1) is 11.8 Å². The summed E-state index contributed by atoms with van der Waals surface area (Å²) in [5, 5.41) is 12.7. The molecule has 0 aliphatic heterocycles. The molecule has 1 aromatic rings. The first kappa shape index (κ1) is 34.0. The van der Waals surface area contributed by atoms with E-state index in [0.29, 0.717) is 23.5 Å². The summed E-state index contributed by atoms with van der Waals surface area (Å²) in [6, 6.07) is 3.63. The van der Waals surface area contributed by atoms with Gasteiger partial charge in [0.2, 0.25) is 0 Å². The Morgan fingerprint density at radius 2 is 1.95 bits per heavy atom. The predicted molar refractivity (Wildman–Crippen MR) is 165 cm³/mol. The van der Waals surface area contributed by atoms with E-state index in [1.807, 2.05) is 20.0 Å². The minimum absolute atomic E-state index is 0.113. The van der Waals surface area contributed by atoms with Crippen LogP contribution in [0.3, 0.4) is 0 Å². The van der Waals surface area contributed by atoms with E-state index in [4.69, 9.17) is 11.6 Å². The van der Waals surface area contributed by atoms with Crippen LogP contribution >= 0.6 is 11.6 Å². The van der Waals surface area contributed by atoms with Crippen LogP contribution in [0.25, 0.3) is 0 Å². The highest BCUT2D eigenvalue weighted by atomic mass is 35.5. The van der Waals surface area contributed by atoms with Gasteiger partial charge in [-0.05, 0) is 63.6 Å². The van der Waals surface area contributed by atoms with Crippen LogP contribution in [-0.2, 0) is 4.74 Å². The lowest BCUT2D eigenvalue weighted by Crippen LogP contribution is -2.09. The molecular formula is C32H50ClN3O2. The maximum atomic E-state index is 9.25. The monoisotopic (exact) mass is 543 g/mol. The van der Waals surface area contributed by atoms with Crippen molar-refractivity contribution < 1.29 is 9.84 Å². The lowest BCUT2D eigenvalue weighted by atomic mass is 9.85. The number of nitrogens with zero attached hydrogens (tertiary/aromatic N) is 2. The van der Waals surface area contributed by atoms with Gasteiger partial charge in [0.05, 0.1) is 23.6 Å². The van der Waals surface area contributed by atoms with E-state index in [9.17, 15) is 5.11 Å². The van der Waals surface area contributed by atoms with Gasteiger partial charge in [0, 0.05) is 18.9 Å². The molecule has 1 aromatic heterocycles. The van der Waals surface area contributed by atoms with E-state index in [-0.39, 0.29) is 12.0 Å². The Labute approximate surface area is 236 Å². The van der Waals surface area contributed by atoms with Crippen LogP contribution in [0.2, 0.25) is 5.02 Å². The second-order valence-electron chi connectivity index (χ2n) is 9.92. The van der Waals surface area contributed by atoms with E-state index in [1.165, 1.54) is 37.7 Å². The Bertz CT molecular complexity index is 906. The van der Waals surface area contributed by atoms with Crippen molar-refractivity contribution in [2.45, 2.75) is 84.2 Å². The highest BCUT2D eigenvalue weighted by Crippen LogP contribution is 2.34. The maximum absolute atomic E-state index is 9.25. The Hall–Kier alpha value is -2.05. The van der Waals surface area contributed by atoms with E-state index < -0.39 is 0 Å². The van der Waals surface area contributed by atoms with Crippen molar-refractivity contribution in [3.8, 4) is 0 Å². The molecule has 3 unspecified atom stereocenters. The topological polar surface area (TPSA) is 66.7 Å². The average molecular weight is 544 g/mol. The van der Waals surface area contributed by atoms with Crippen LogP contribution < -0.4 is 5.32 Å². The minimum Gasteiger partial charge on any atom is -0.393 e. The summed E-state index contributed by atoms with van der Waals surface area (Å²) in [7, 11) is 3.49. The predicted octanol–water partition coefficient (Wildman–Crippen LogP) is 8.34. The number of aliphatic imine (C=N–C) groups is 1. The summed E-state index contributed by atoms with van der Waals surface area (Å²) in [6.07, 6.45) is 24.7. The van der Waals surface area contributed by atoms with Gasteiger partial charge in [-0.2, -0.15) is 0 Å². The zero-order valence-electron chi connectivity index (χ0n) is 24.2. The van der Waals surface area contributed by atoms with Gasteiger partial charge in [-0.25, -0.2) is 9.98 Å². The Morgan fingerprint density at radius 1 is 1.16 bits per heavy atom. The number of pyridine rings is 1. The molecule has 0 saturated heterocycles. The summed E-state index contributed by atoms with van der Waals surface area (Å²) >= 11 is 6.27. The van der Waals surface area contributed by atoms with Crippen molar-refractivity contribution in [1.82, 2.24) is 10.3 Å². The van der Waals surface area contributed by atoms with Crippen LogP contribution in [0.1, 0.15) is 83.7 Å².